The molecular formula is C25H27BrN2O5S. The molecule has 0 radical (unpaired) electrons. The minimum Gasteiger partial charge on any atom is -0.495 e. The quantitative estimate of drug-likeness (QED) is 0.360. The van der Waals surface area contributed by atoms with Crippen molar-refractivity contribution >= 4 is 39.1 Å². The summed E-state index contributed by atoms with van der Waals surface area (Å²) in [4.78, 5) is 29.7. The minimum absolute atomic E-state index is 0.186. The smallest absolute Gasteiger partial charge is 0.333 e. The number of rotatable bonds is 10. The van der Waals surface area contributed by atoms with Gasteiger partial charge in [-0.3, -0.25) is 4.79 Å². The average molecular weight is 547 g/mol. The number of nitrogens with zero attached hydrogens (tertiary/aromatic N) is 1. The summed E-state index contributed by atoms with van der Waals surface area (Å²) in [6, 6.07) is 13.4. The number of halogens is 1. The Kier molecular flexibility index (Phi) is 8.82. The van der Waals surface area contributed by atoms with E-state index in [9.17, 15) is 14.7 Å². The molecule has 3 rings (SSSR count). The molecule has 0 aliphatic carbocycles. The maximum atomic E-state index is 13.0. The summed E-state index contributed by atoms with van der Waals surface area (Å²) < 4.78 is 11.7. The van der Waals surface area contributed by atoms with Gasteiger partial charge in [0.1, 0.15) is 15.6 Å². The summed E-state index contributed by atoms with van der Waals surface area (Å²) in [5.74, 6) is -0.676. The van der Waals surface area contributed by atoms with Gasteiger partial charge in [-0.25, -0.2) is 9.78 Å². The highest BCUT2D eigenvalue weighted by Gasteiger charge is 2.22. The van der Waals surface area contributed by atoms with Gasteiger partial charge in [0.25, 0.3) is 5.91 Å². The molecule has 0 aliphatic heterocycles. The molecule has 0 aliphatic rings. The fourth-order valence-corrected chi connectivity index (χ4v) is 5.19. The fraction of sp³-hybridized carbons (Fsp3) is 0.320. The Morgan fingerprint density at radius 3 is 2.53 bits per heavy atom. The van der Waals surface area contributed by atoms with Gasteiger partial charge in [-0.2, -0.15) is 0 Å². The van der Waals surface area contributed by atoms with E-state index < -0.39 is 12.1 Å². The van der Waals surface area contributed by atoms with Crippen LogP contribution in [0.3, 0.4) is 0 Å². The molecule has 1 atom stereocenters. The Morgan fingerprint density at radius 1 is 1.21 bits per heavy atom. The topological polar surface area (TPSA) is 97.8 Å². The lowest BCUT2D eigenvalue weighted by Gasteiger charge is -2.18. The molecule has 7 nitrogen and oxygen atoms in total. The van der Waals surface area contributed by atoms with Crippen molar-refractivity contribution in [3.63, 3.8) is 0 Å². The summed E-state index contributed by atoms with van der Waals surface area (Å²) >= 11 is 4.84. The summed E-state index contributed by atoms with van der Waals surface area (Å²) in [5.41, 5.74) is 3.10. The highest BCUT2D eigenvalue weighted by molar-refractivity contribution is 9.10. The monoisotopic (exact) mass is 546 g/mol. The van der Waals surface area contributed by atoms with Crippen LogP contribution in [0.15, 0.2) is 46.9 Å². The molecule has 0 saturated carbocycles. The van der Waals surface area contributed by atoms with Crippen LogP contribution in [0, 0.1) is 6.92 Å². The lowest BCUT2D eigenvalue weighted by Crippen LogP contribution is -2.29. The van der Waals surface area contributed by atoms with Crippen molar-refractivity contribution in [2.24, 2.45) is 0 Å². The molecule has 1 unspecified atom stereocenters. The molecular weight excluding hydrogens is 520 g/mol. The van der Waals surface area contributed by atoms with Crippen LogP contribution in [0.25, 0.3) is 10.6 Å². The summed E-state index contributed by atoms with van der Waals surface area (Å²) in [5, 5.41) is 13.2. The Labute approximate surface area is 211 Å². The van der Waals surface area contributed by atoms with E-state index in [0.29, 0.717) is 20.8 Å². The van der Waals surface area contributed by atoms with Crippen LogP contribution >= 0.6 is 27.3 Å². The predicted molar refractivity (Wildman–Crippen MR) is 135 cm³/mol. The third-order valence-corrected chi connectivity index (χ3v) is 6.77. The number of thiazole rings is 1. The number of amides is 1. The molecule has 3 aromatic rings. The van der Waals surface area contributed by atoms with Gasteiger partial charge in [0.05, 0.1) is 23.4 Å². The molecule has 1 amide bonds. The lowest BCUT2D eigenvalue weighted by atomic mass is 10.0. The largest absolute Gasteiger partial charge is 0.495 e. The first kappa shape index (κ1) is 25.9. The fourth-order valence-electron chi connectivity index (χ4n) is 3.49. The molecule has 0 spiro atoms. The third-order valence-electron chi connectivity index (χ3n) is 4.98. The predicted octanol–water partition coefficient (Wildman–Crippen LogP) is 5.24. The number of ether oxygens (including phenoxy) is 2. The zero-order valence-corrected chi connectivity index (χ0v) is 21.8. The van der Waals surface area contributed by atoms with Crippen molar-refractivity contribution in [3.05, 3.63) is 68.6 Å². The van der Waals surface area contributed by atoms with E-state index in [1.807, 2.05) is 49.4 Å². The van der Waals surface area contributed by atoms with Gasteiger partial charge in [-0.1, -0.05) is 36.4 Å². The van der Waals surface area contributed by atoms with E-state index in [0.717, 1.165) is 21.7 Å². The minimum atomic E-state index is -1.02. The Hall–Kier alpha value is -2.75. The van der Waals surface area contributed by atoms with Gasteiger partial charge in [-0.15, -0.1) is 11.3 Å². The molecule has 34 heavy (non-hydrogen) atoms. The SMILES string of the molecule is COc1c(Br)cc(CC(OC(C)C)C(=O)O)cc1CNC(=O)c1sc(-c2ccccc2)nc1C. The molecule has 0 fully saturated rings. The average Bonchev–Trinajstić information content (AvgIpc) is 3.19. The molecule has 1 heterocycles. The van der Waals surface area contributed by atoms with E-state index in [1.54, 1.807) is 21.0 Å². The summed E-state index contributed by atoms with van der Waals surface area (Å²) in [7, 11) is 1.55. The standard InChI is InChI=1S/C25H27BrN2O5S/c1-14(2)33-20(25(30)31)12-16-10-18(21(32-4)19(26)11-16)13-27-23(29)22-15(3)28-24(34-22)17-8-6-5-7-9-17/h5-11,14,20H,12-13H2,1-4H3,(H,27,29)(H,30,31). The number of carbonyl (C=O) groups excluding carboxylic acids is 1. The van der Waals surface area contributed by atoms with Crippen LogP contribution in [0.5, 0.6) is 5.75 Å². The van der Waals surface area contributed by atoms with Crippen molar-refractivity contribution in [3.8, 4) is 16.3 Å². The number of carbonyl (C=O) groups is 2. The van der Waals surface area contributed by atoms with Crippen LogP contribution < -0.4 is 10.1 Å². The summed E-state index contributed by atoms with van der Waals surface area (Å²) in [6.07, 6.45) is -1.00. The number of benzene rings is 2. The van der Waals surface area contributed by atoms with Crippen LogP contribution in [0.1, 0.15) is 40.3 Å². The number of carboxylic acid groups (broad SMARTS) is 1. The Balaban J connectivity index is 1.79. The van der Waals surface area contributed by atoms with Crippen molar-refractivity contribution in [2.75, 3.05) is 7.11 Å². The van der Waals surface area contributed by atoms with Crippen LogP contribution in [-0.4, -0.2) is 41.3 Å². The number of aliphatic carboxylic acids is 1. The normalized spacial score (nSPS) is 11.9. The second-order valence-electron chi connectivity index (χ2n) is 7.97. The van der Waals surface area contributed by atoms with Gasteiger partial charge in [0.15, 0.2) is 6.10 Å². The first-order valence-electron chi connectivity index (χ1n) is 10.7. The molecule has 1 aromatic heterocycles. The van der Waals surface area contributed by atoms with E-state index >= 15 is 0 Å². The van der Waals surface area contributed by atoms with Gasteiger partial charge < -0.3 is 19.9 Å². The molecule has 2 aromatic carbocycles. The molecule has 0 bridgehead atoms. The molecule has 0 saturated heterocycles. The van der Waals surface area contributed by atoms with E-state index in [1.165, 1.54) is 11.3 Å². The van der Waals surface area contributed by atoms with Crippen LogP contribution in [0.4, 0.5) is 0 Å². The van der Waals surface area contributed by atoms with Crippen molar-refractivity contribution in [2.45, 2.75) is 45.9 Å². The van der Waals surface area contributed by atoms with Crippen molar-refractivity contribution in [1.82, 2.24) is 10.3 Å². The number of carboxylic acids is 1. The highest BCUT2D eigenvalue weighted by atomic mass is 79.9. The number of aromatic nitrogens is 1. The van der Waals surface area contributed by atoms with E-state index in [4.69, 9.17) is 9.47 Å². The van der Waals surface area contributed by atoms with Crippen molar-refractivity contribution in [1.29, 1.82) is 0 Å². The van der Waals surface area contributed by atoms with Gasteiger partial charge in [-0.05, 0) is 48.3 Å². The zero-order valence-electron chi connectivity index (χ0n) is 19.4. The number of aryl methyl sites for hydroxylation is 1. The number of methoxy groups -OCH3 is 1. The Morgan fingerprint density at radius 2 is 1.91 bits per heavy atom. The number of hydrogen-bond acceptors (Lipinski definition) is 6. The van der Waals surface area contributed by atoms with Gasteiger partial charge >= 0.3 is 5.97 Å². The van der Waals surface area contributed by atoms with E-state index in [-0.39, 0.29) is 25.0 Å². The molecule has 9 heteroatoms. The Bertz CT molecular complexity index is 1160. The van der Waals surface area contributed by atoms with Crippen LogP contribution in [0.2, 0.25) is 0 Å². The molecule has 2 N–H and O–H groups in total. The lowest BCUT2D eigenvalue weighted by molar-refractivity contribution is -0.153. The first-order chi connectivity index (χ1) is 16.2. The van der Waals surface area contributed by atoms with Gasteiger partial charge in [0, 0.05) is 24.1 Å². The number of hydrogen-bond donors (Lipinski definition) is 2. The first-order valence-corrected chi connectivity index (χ1v) is 12.3. The zero-order chi connectivity index (χ0) is 24.8. The third kappa shape index (κ3) is 6.43. The molecule has 180 valence electrons. The van der Waals surface area contributed by atoms with Gasteiger partial charge in [0.2, 0.25) is 0 Å². The summed E-state index contributed by atoms with van der Waals surface area (Å²) in [6.45, 7) is 5.61. The second kappa shape index (κ2) is 11.6. The maximum Gasteiger partial charge on any atom is 0.333 e. The highest BCUT2D eigenvalue weighted by Crippen LogP contribution is 2.32. The van der Waals surface area contributed by atoms with Crippen molar-refractivity contribution < 1.29 is 24.2 Å². The maximum absolute atomic E-state index is 13.0. The second-order valence-corrected chi connectivity index (χ2v) is 9.82. The van der Waals surface area contributed by atoms with E-state index in [2.05, 4.69) is 26.2 Å². The number of nitrogens with one attached hydrogen (secondary N) is 1. The van der Waals surface area contributed by atoms with Crippen LogP contribution in [-0.2, 0) is 22.5 Å².